The second-order valence-electron chi connectivity index (χ2n) is 1.75. The number of hydrazine groups is 1. The van der Waals surface area contributed by atoms with Gasteiger partial charge in [0.1, 0.15) is 0 Å². The summed E-state index contributed by atoms with van der Waals surface area (Å²) in [5.41, 5.74) is 2.49. The quantitative estimate of drug-likeness (QED) is 0.312. The van der Waals surface area contributed by atoms with Gasteiger partial charge in [0.25, 0.3) is 0 Å². The summed E-state index contributed by atoms with van der Waals surface area (Å²) >= 11 is 0. The Bertz CT molecular complexity index is 56.5. The van der Waals surface area contributed by atoms with Crippen LogP contribution in [-0.2, 0) is 9.47 Å². The molecule has 0 aromatic heterocycles. The lowest BCUT2D eigenvalue weighted by Gasteiger charge is -2.15. The van der Waals surface area contributed by atoms with E-state index in [1.54, 1.807) is 0 Å². The van der Waals surface area contributed by atoms with Gasteiger partial charge >= 0.3 is 0 Å². The van der Waals surface area contributed by atoms with E-state index in [1.807, 2.05) is 13.8 Å². The first-order chi connectivity index (χ1) is 4.85. The number of hydrogen-bond acceptors (Lipinski definition) is 4. The van der Waals surface area contributed by atoms with Crippen molar-refractivity contribution < 1.29 is 9.47 Å². The van der Waals surface area contributed by atoms with Gasteiger partial charge in [-0.1, -0.05) is 0 Å². The Morgan fingerprint density at radius 2 is 1.80 bits per heavy atom. The van der Waals surface area contributed by atoms with Crippen LogP contribution in [0.25, 0.3) is 0 Å². The molecule has 0 bridgehead atoms. The topological polar surface area (TPSA) is 56.5 Å². The van der Waals surface area contributed by atoms with E-state index in [1.165, 1.54) is 0 Å². The third kappa shape index (κ3) is 4.69. The summed E-state index contributed by atoms with van der Waals surface area (Å²) in [6.07, 6.45) is -0.208. The lowest BCUT2D eigenvalue weighted by atomic mass is 10.6. The van der Waals surface area contributed by atoms with Crippen molar-refractivity contribution in [3.63, 3.8) is 0 Å². The lowest BCUT2D eigenvalue weighted by molar-refractivity contribution is -0.132. The highest BCUT2D eigenvalue weighted by molar-refractivity contribution is 4.43. The monoisotopic (exact) mass is 148 g/mol. The summed E-state index contributed by atoms with van der Waals surface area (Å²) in [5.74, 6) is 5.08. The summed E-state index contributed by atoms with van der Waals surface area (Å²) in [5, 5.41) is 0. The molecule has 0 aliphatic heterocycles. The van der Waals surface area contributed by atoms with Gasteiger partial charge in [0.05, 0.1) is 6.54 Å². The van der Waals surface area contributed by atoms with Crippen molar-refractivity contribution in [1.82, 2.24) is 5.43 Å². The molecule has 4 nitrogen and oxygen atoms in total. The molecule has 0 saturated heterocycles. The van der Waals surface area contributed by atoms with Crippen LogP contribution in [0.2, 0.25) is 0 Å². The molecule has 62 valence electrons. The van der Waals surface area contributed by atoms with E-state index in [0.29, 0.717) is 19.8 Å². The molecule has 0 amide bonds. The van der Waals surface area contributed by atoms with Crippen LogP contribution in [0.1, 0.15) is 13.8 Å². The Balaban J connectivity index is 3.30. The van der Waals surface area contributed by atoms with Crippen molar-refractivity contribution in [1.29, 1.82) is 0 Å². The molecule has 0 aliphatic rings. The molecule has 0 aromatic rings. The summed E-state index contributed by atoms with van der Waals surface area (Å²) in [4.78, 5) is 0. The van der Waals surface area contributed by atoms with Crippen molar-refractivity contribution in [3.05, 3.63) is 0 Å². The highest BCUT2D eigenvalue weighted by Gasteiger charge is 2.04. The fraction of sp³-hybridized carbons (Fsp3) is 1.00. The Labute approximate surface area is 61.7 Å². The third-order valence-electron chi connectivity index (χ3n) is 0.990. The molecular formula is C6H16N2O2. The Morgan fingerprint density at radius 1 is 1.30 bits per heavy atom. The second-order valence-corrected chi connectivity index (χ2v) is 1.75. The summed E-state index contributed by atoms with van der Waals surface area (Å²) in [6.45, 7) is 5.66. The second kappa shape index (κ2) is 6.95. The van der Waals surface area contributed by atoms with Crippen LogP contribution in [0.5, 0.6) is 0 Å². The van der Waals surface area contributed by atoms with E-state index in [-0.39, 0.29) is 6.29 Å². The van der Waals surface area contributed by atoms with E-state index >= 15 is 0 Å². The molecule has 0 fully saturated rings. The minimum Gasteiger partial charge on any atom is -0.352 e. The largest absolute Gasteiger partial charge is 0.352 e. The zero-order valence-corrected chi connectivity index (χ0v) is 6.59. The van der Waals surface area contributed by atoms with Gasteiger partial charge in [-0.05, 0) is 13.8 Å². The molecule has 0 rings (SSSR count). The van der Waals surface area contributed by atoms with Crippen LogP contribution in [-0.4, -0.2) is 26.0 Å². The third-order valence-corrected chi connectivity index (χ3v) is 0.990. The first-order valence-corrected chi connectivity index (χ1v) is 3.51. The Kier molecular flexibility index (Phi) is 6.84. The normalized spacial score (nSPS) is 10.8. The number of rotatable bonds is 6. The predicted octanol–water partition coefficient (Wildman–Crippen LogP) is -0.151. The van der Waals surface area contributed by atoms with E-state index in [0.717, 1.165) is 0 Å². The average Bonchev–Trinajstić information content (AvgIpc) is 1.90. The smallest absolute Gasteiger partial charge is 0.171 e. The van der Waals surface area contributed by atoms with Gasteiger partial charge in [0, 0.05) is 13.2 Å². The lowest BCUT2D eigenvalue weighted by Crippen LogP contribution is -2.35. The van der Waals surface area contributed by atoms with Gasteiger partial charge < -0.3 is 9.47 Å². The highest BCUT2D eigenvalue weighted by atomic mass is 16.7. The number of ether oxygens (including phenoxy) is 2. The van der Waals surface area contributed by atoms with E-state index in [9.17, 15) is 0 Å². The van der Waals surface area contributed by atoms with Crippen molar-refractivity contribution >= 4 is 0 Å². The summed E-state index contributed by atoms with van der Waals surface area (Å²) in [7, 11) is 0. The van der Waals surface area contributed by atoms with Gasteiger partial charge in [0.15, 0.2) is 6.29 Å². The van der Waals surface area contributed by atoms with Gasteiger partial charge in [-0.15, -0.1) is 0 Å². The maximum absolute atomic E-state index is 5.16. The summed E-state index contributed by atoms with van der Waals surface area (Å²) in [6, 6.07) is 0. The Morgan fingerprint density at radius 3 is 2.10 bits per heavy atom. The number of hydrogen-bond donors (Lipinski definition) is 2. The van der Waals surface area contributed by atoms with Crippen LogP contribution in [0.4, 0.5) is 0 Å². The van der Waals surface area contributed by atoms with Crippen molar-refractivity contribution in [2.24, 2.45) is 5.84 Å². The maximum Gasteiger partial charge on any atom is 0.171 e. The molecule has 0 spiro atoms. The number of nitrogens with two attached hydrogens (primary N) is 1. The Hall–Kier alpha value is -0.160. The zero-order chi connectivity index (χ0) is 7.82. The number of nitrogens with one attached hydrogen (secondary N) is 1. The van der Waals surface area contributed by atoms with Crippen LogP contribution in [0.3, 0.4) is 0 Å². The van der Waals surface area contributed by atoms with Crippen molar-refractivity contribution in [2.75, 3.05) is 19.8 Å². The molecule has 0 unspecified atom stereocenters. The van der Waals surface area contributed by atoms with Crippen molar-refractivity contribution in [2.45, 2.75) is 20.1 Å². The van der Waals surface area contributed by atoms with Crippen molar-refractivity contribution in [3.8, 4) is 0 Å². The highest BCUT2D eigenvalue weighted by Crippen LogP contribution is 1.91. The van der Waals surface area contributed by atoms with Crippen LogP contribution >= 0.6 is 0 Å². The molecule has 0 heterocycles. The zero-order valence-electron chi connectivity index (χ0n) is 6.59. The molecular weight excluding hydrogens is 132 g/mol. The standard InChI is InChI=1S/C6H16N2O2/c1-3-9-6(5-8-7)10-4-2/h6,8H,3-5,7H2,1-2H3. The maximum atomic E-state index is 5.16. The van der Waals surface area contributed by atoms with Gasteiger partial charge in [-0.2, -0.15) is 0 Å². The van der Waals surface area contributed by atoms with E-state index in [4.69, 9.17) is 15.3 Å². The van der Waals surface area contributed by atoms with Gasteiger partial charge in [-0.3, -0.25) is 11.3 Å². The minimum atomic E-state index is -0.208. The van der Waals surface area contributed by atoms with Crippen LogP contribution < -0.4 is 11.3 Å². The van der Waals surface area contributed by atoms with E-state index in [2.05, 4.69) is 5.43 Å². The molecule has 0 radical (unpaired) electrons. The SMILES string of the molecule is CCOC(CNN)OCC. The molecule has 3 N–H and O–H groups in total. The van der Waals surface area contributed by atoms with Gasteiger partial charge in [-0.25, -0.2) is 0 Å². The molecule has 4 heteroatoms. The molecule has 0 aromatic carbocycles. The molecule has 0 aliphatic carbocycles. The van der Waals surface area contributed by atoms with Crippen LogP contribution in [0.15, 0.2) is 0 Å². The predicted molar refractivity (Wildman–Crippen MR) is 39.2 cm³/mol. The van der Waals surface area contributed by atoms with Gasteiger partial charge in [0.2, 0.25) is 0 Å². The average molecular weight is 148 g/mol. The fourth-order valence-electron chi connectivity index (χ4n) is 0.634. The molecule has 10 heavy (non-hydrogen) atoms. The van der Waals surface area contributed by atoms with E-state index < -0.39 is 0 Å². The first kappa shape index (κ1) is 9.84. The summed E-state index contributed by atoms with van der Waals surface area (Å²) < 4.78 is 10.3. The minimum absolute atomic E-state index is 0.208. The molecule has 0 atom stereocenters. The first-order valence-electron chi connectivity index (χ1n) is 3.51. The van der Waals surface area contributed by atoms with Crippen LogP contribution in [0, 0.1) is 0 Å². The molecule has 0 saturated carbocycles. The fourth-order valence-corrected chi connectivity index (χ4v) is 0.634.